The Balaban J connectivity index is 1.31. The Bertz CT molecular complexity index is 811. The van der Waals surface area contributed by atoms with Crippen molar-refractivity contribution in [3.63, 3.8) is 0 Å². The predicted molar refractivity (Wildman–Crippen MR) is 102 cm³/mol. The summed E-state index contributed by atoms with van der Waals surface area (Å²) in [5.41, 5.74) is 1.16. The second-order valence-electron chi connectivity index (χ2n) is 7.24. The van der Waals surface area contributed by atoms with E-state index in [0.717, 1.165) is 37.2 Å². The summed E-state index contributed by atoms with van der Waals surface area (Å²) in [6.07, 6.45) is 3.80. The van der Waals surface area contributed by atoms with Gasteiger partial charge < -0.3 is 19.1 Å². The summed E-state index contributed by atoms with van der Waals surface area (Å²) >= 11 is 0. The Morgan fingerprint density at radius 2 is 1.85 bits per heavy atom. The van der Waals surface area contributed by atoms with Gasteiger partial charge in [0.15, 0.2) is 6.61 Å². The lowest BCUT2D eigenvalue weighted by Crippen LogP contribution is -2.52. The molecule has 142 valence electrons. The minimum atomic E-state index is -0.126. The van der Waals surface area contributed by atoms with Crippen LogP contribution >= 0.6 is 0 Å². The SMILES string of the molecule is COc1cccc(OCC(=O)N2CCC3(CCc4ccccc4O3)CC2)c1. The highest BCUT2D eigenvalue weighted by atomic mass is 16.5. The monoisotopic (exact) mass is 367 g/mol. The molecule has 1 amide bonds. The summed E-state index contributed by atoms with van der Waals surface area (Å²) in [6.45, 7) is 1.47. The fourth-order valence-electron chi connectivity index (χ4n) is 3.90. The number of aryl methyl sites for hydroxylation is 1. The molecule has 5 nitrogen and oxygen atoms in total. The summed E-state index contributed by atoms with van der Waals surface area (Å²) in [5.74, 6) is 2.38. The molecule has 27 heavy (non-hydrogen) atoms. The first-order chi connectivity index (χ1) is 13.2. The van der Waals surface area contributed by atoms with Crippen LogP contribution in [0.1, 0.15) is 24.8 Å². The second kappa shape index (κ2) is 7.51. The van der Waals surface area contributed by atoms with E-state index in [2.05, 4.69) is 18.2 Å². The maximum Gasteiger partial charge on any atom is 0.260 e. The molecule has 2 aliphatic rings. The van der Waals surface area contributed by atoms with Gasteiger partial charge in [0.2, 0.25) is 0 Å². The van der Waals surface area contributed by atoms with Crippen molar-refractivity contribution in [2.75, 3.05) is 26.8 Å². The van der Waals surface area contributed by atoms with Crippen LogP contribution in [0.2, 0.25) is 0 Å². The lowest BCUT2D eigenvalue weighted by Gasteiger charge is -2.44. The van der Waals surface area contributed by atoms with Crippen molar-refractivity contribution < 1.29 is 19.0 Å². The van der Waals surface area contributed by atoms with Crippen LogP contribution in [0.25, 0.3) is 0 Å². The zero-order valence-electron chi connectivity index (χ0n) is 15.6. The molecule has 2 heterocycles. The van der Waals surface area contributed by atoms with Gasteiger partial charge in [-0.1, -0.05) is 24.3 Å². The summed E-state index contributed by atoms with van der Waals surface area (Å²) in [7, 11) is 1.61. The van der Waals surface area contributed by atoms with Gasteiger partial charge in [0.25, 0.3) is 5.91 Å². The molecule has 4 rings (SSSR count). The molecule has 2 aromatic carbocycles. The molecule has 0 radical (unpaired) electrons. The van der Waals surface area contributed by atoms with Gasteiger partial charge in [0, 0.05) is 32.0 Å². The third-order valence-electron chi connectivity index (χ3n) is 5.58. The Kier molecular flexibility index (Phi) is 4.92. The lowest BCUT2D eigenvalue weighted by molar-refractivity contribution is -0.137. The molecule has 1 spiro atoms. The molecule has 5 heteroatoms. The maximum absolute atomic E-state index is 12.5. The summed E-state index contributed by atoms with van der Waals surface area (Å²) < 4.78 is 17.2. The van der Waals surface area contributed by atoms with E-state index in [0.29, 0.717) is 18.8 Å². The van der Waals surface area contributed by atoms with Crippen LogP contribution in [0.3, 0.4) is 0 Å². The molecular weight excluding hydrogens is 342 g/mol. The number of para-hydroxylation sites is 1. The van der Waals surface area contributed by atoms with Crippen LogP contribution < -0.4 is 14.2 Å². The van der Waals surface area contributed by atoms with Crippen molar-refractivity contribution in [3.8, 4) is 17.2 Å². The number of methoxy groups -OCH3 is 1. The van der Waals surface area contributed by atoms with Crippen LogP contribution in [0.4, 0.5) is 0 Å². The fraction of sp³-hybridized carbons (Fsp3) is 0.409. The summed E-state index contributed by atoms with van der Waals surface area (Å²) in [4.78, 5) is 14.4. The standard InChI is InChI=1S/C22H25NO4/c1-25-18-6-4-7-19(15-18)26-16-21(24)23-13-11-22(12-14-23)10-9-17-5-2-3-8-20(17)27-22/h2-8,15H,9-14,16H2,1H3. The third-order valence-corrected chi connectivity index (χ3v) is 5.58. The van der Waals surface area contributed by atoms with E-state index >= 15 is 0 Å². The van der Waals surface area contributed by atoms with E-state index in [9.17, 15) is 4.79 Å². The molecule has 0 unspecified atom stereocenters. The average Bonchev–Trinajstić information content (AvgIpc) is 2.72. The van der Waals surface area contributed by atoms with Gasteiger partial charge in [-0.2, -0.15) is 0 Å². The number of likely N-dealkylation sites (tertiary alicyclic amines) is 1. The van der Waals surface area contributed by atoms with Gasteiger partial charge in [-0.05, 0) is 36.6 Å². The lowest BCUT2D eigenvalue weighted by atomic mass is 9.83. The Hall–Kier alpha value is -2.69. The van der Waals surface area contributed by atoms with E-state index in [-0.39, 0.29) is 18.1 Å². The minimum Gasteiger partial charge on any atom is -0.497 e. The van der Waals surface area contributed by atoms with Crippen LogP contribution in [-0.4, -0.2) is 43.2 Å². The highest BCUT2D eigenvalue weighted by Gasteiger charge is 2.40. The Morgan fingerprint density at radius 1 is 1.07 bits per heavy atom. The first-order valence-corrected chi connectivity index (χ1v) is 9.49. The van der Waals surface area contributed by atoms with Gasteiger partial charge in [0.05, 0.1) is 7.11 Å². The summed E-state index contributed by atoms with van der Waals surface area (Å²) in [5, 5.41) is 0. The van der Waals surface area contributed by atoms with Gasteiger partial charge in [-0.25, -0.2) is 0 Å². The van der Waals surface area contributed by atoms with Gasteiger partial charge in [-0.3, -0.25) is 4.79 Å². The van der Waals surface area contributed by atoms with Crippen LogP contribution in [0, 0.1) is 0 Å². The van der Waals surface area contributed by atoms with Gasteiger partial charge in [-0.15, -0.1) is 0 Å². The number of nitrogens with zero attached hydrogens (tertiary/aromatic N) is 1. The fourth-order valence-corrected chi connectivity index (χ4v) is 3.90. The predicted octanol–water partition coefficient (Wildman–Crippen LogP) is 3.46. The number of carbonyl (C=O) groups is 1. The highest BCUT2D eigenvalue weighted by Crippen LogP contribution is 2.39. The van der Waals surface area contributed by atoms with Gasteiger partial charge in [0.1, 0.15) is 22.8 Å². The molecule has 2 aliphatic heterocycles. The number of fused-ring (bicyclic) bond motifs is 1. The molecule has 0 aromatic heterocycles. The number of benzene rings is 2. The molecule has 1 saturated heterocycles. The maximum atomic E-state index is 12.5. The van der Waals surface area contributed by atoms with Crippen LogP contribution in [0.5, 0.6) is 17.2 Å². The van der Waals surface area contributed by atoms with E-state index in [1.165, 1.54) is 5.56 Å². The molecule has 0 aliphatic carbocycles. The zero-order chi connectivity index (χ0) is 18.7. The third kappa shape index (κ3) is 3.87. The molecule has 0 atom stereocenters. The van der Waals surface area contributed by atoms with Crippen molar-refractivity contribution >= 4 is 5.91 Å². The van der Waals surface area contributed by atoms with Crippen molar-refractivity contribution in [3.05, 3.63) is 54.1 Å². The zero-order valence-corrected chi connectivity index (χ0v) is 15.6. The van der Waals surface area contributed by atoms with Crippen molar-refractivity contribution in [1.82, 2.24) is 4.90 Å². The normalized spacial score (nSPS) is 17.7. The van der Waals surface area contributed by atoms with E-state index in [1.54, 1.807) is 13.2 Å². The van der Waals surface area contributed by atoms with Gasteiger partial charge >= 0.3 is 0 Å². The van der Waals surface area contributed by atoms with E-state index in [1.807, 2.05) is 29.2 Å². The smallest absolute Gasteiger partial charge is 0.260 e. The van der Waals surface area contributed by atoms with Crippen LogP contribution in [-0.2, 0) is 11.2 Å². The molecule has 0 saturated carbocycles. The molecular formula is C22H25NO4. The van der Waals surface area contributed by atoms with Crippen molar-refractivity contribution in [2.24, 2.45) is 0 Å². The Labute approximate surface area is 159 Å². The second-order valence-corrected chi connectivity index (χ2v) is 7.24. The number of rotatable bonds is 4. The van der Waals surface area contributed by atoms with Crippen molar-refractivity contribution in [2.45, 2.75) is 31.3 Å². The number of amides is 1. The Morgan fingerprint density at radius 3 is 2.67 bits per heavy atom. The average molecular weight is 367 g/mol. The molecule has 2 aromatic rings. The first-order valence-electron chi connectivity index (χ1n) is 9.49. The largest absolute Gasteiger partial charge is 0.497 e. The minimum absolute atomic E-state index is 0.0175. The van der Waals surface area contributed by atoms with Crippen molar-refractivity contribution in [1.29, 1.82) is 0 Å². The summed E-state index contributed by atoms with van der Waals surface area (Å²) in [6, 6.07) is 15.6. The topological polar surface area (TPSA) is 48.0 Å². The van der Waals surface area contributed by atoms with E-state index in [4.69, 9.17) is 14.2 Å². The number of piperidine rings is 1. The van der Waals surface area contributed by atoms with Crippen LogP contribution in [0.15, 0.2) is 48.5 Å². The number of hydrogen-bond acceptors (Lipinski definition) is 4. The molecule has 1 fully saturated rings. The number of carbonyl (C=O) groups excluding carboxylic acids is 1. The number of ether oxygens (including phenoxy) is 3. The quantitative estimate of drug-likeness (QED) is 0.830. The molecule has 0 bridgehead atoms. The molecule has 0 N–H and O–H groups in total. The highest BCUT2D eigenvalue weighted by molar-refractivity contribution is 5.78. The van der Waals surface area contributed by atoms with E-state index < -0.39 is 0 Å². The first kappa shape index (κ1) is 17.7. The number of hydrogen-bond donors (Lipinski definition) is 0.